The Kier molecular flexibility index (Phi) is 5.89. The Hall–Kier alpha value is -3.75. The number of aromatic nitrogens is 2. The first-order chi connectivity index (χ1) is 15.5. The predicted molar refractivity (Wildman–Crippen MR) is 118 cm³/mol. The Morgan fingerprint density at radius 2 is 1.88 bits per heavy atom. The van der Waals surface area contributed by atoms with Gasteiger partial charge in [-0.1, -0.05) is 37.6 Å². The lowest BCUT2D eigenvalue weighted by molar-refractivity contribution is -0.384. The fraction of sp³-hybridized carbons (Fsp3) is 0.348. The van der Waals surface area contributed by atoms with Gasteiger partial charge in [0.15, 0.2) is 5.92 Å². The van der Waals surface area contributed by atoms with Gasteiger partial charge >= 0.3 is 5.97 Å². The number of fused-ring (bicyclic) bond motifs is 3. The summed E-state index contributed by atoms with van der Waals surface area (Å²) in [6.07, 6.45) is 1.63. The Morgan fingerprint density at radius 3 is 2.53 bits per heavy atom. The van der Waals surface area contributed by atoms with Crippen LogP contribution in [0.4, 0.5) is 11.6 Å². The summed E-state index contributed by atoms with van der Waals surface area (Å²) in [5.41, 5.74) is 2.01. The van der Waals surface area contributed by atoms with E-state index in [1.165, 1.54) is 12.1 Å². The number of nitrogens with zero attached hydrogens (tertiary/aromatic N) is 4. The molecule has 2 heterocycles. The second-order valence-electron chi connectivity index (χ2n) is 7.64. The van der Waals surface area contributed by atoms with Crippen molar-refractivity contribution in [3.05, 3.63) is 64.2 Å². The maximum absolute atomic E-state index is 13.6. The van der Waals surface area contributed by atoms with E-state index in [9.17, 15) is 19.7 Å². The minimum atomic E-state index is -1.13. The minimum absolute atomic E-state index is 0.0659. The number of benzene rings is 2. The molecule has 2 atom stereocenters. The van der Waals surface area contributed by atoms with Crippen LogP contribution in [0.3, 0.4) is 0 Å². The highest BCUT2D eigenvalue weighted by Crippen LogP contribution is 2.41. The van der Waals surface area contributed by atoms with Crippen molar-refractivity contribution in [2.24, 2.45) is 5.92 Å². The molecule has 1 aliphatic rings. The molecular weight excluding hydrogens is 412 g/mol. The van der Waals surface area contributed by atoms with Crippen molar-refractivity contribution >= 4 is 34.5 Å². The van der Waals surface area contributed by atoms with Crippen LogP contribution in [0.1, 0.15) is 38.3 Å². The minimum Gasteiger partial charge on any atom is -0.465 e. The first-order valence-electron chi connectivity index (χ1n) is 10.7. The molecule has 32 heavy (non-hydrogen) atoms. The van der Waals surface area contributed by atoms with E-state index in [1.807, 2.05) is 35.8 Å². The van der Waals surface area contributed by atoms with Crippen LogP contribution in [0, 0.1) is 16.0 Å². The third-order valence-electron chi connectivity index (χ3n) is 5.67. The Bertz CT molecular complexity index is 1170. The zero-order chi connectivity index (χ0) is 22.8. The van der Waals surface area contributed by atoms with Crippen molar-refractivity contribution in [3.63, 3.8) is 0 Å². The molecule has 2 unspecified atom stereocenters. The van der Waals surface area contributed by atoms with Crippen LogP contribution in [0.2, 0.25) is 0 Å². The summed E-state index contributed by atoms with van der Waals surface area (Å²) in [5.74, 6) is -1.65. The predicted octanol–water partition coefficient (Wildman–Crippen LogP) is 3.86. The fourth-order valence-corrected chi connectivity index (χ4v) is 4.17. The highest BCUT2D eigenvalue weighted by Gasteiger charge is 2.47. The molecule has 0 saturated heterocycles. The number of carbonyl (C=O) groups excluding carboxylic acids is 2. The zero-order valence-electron chi connectivity index (χ0n) is 17.9. The maximum Gasteiger partial charge on any atom is 0.321 e. The number of ether oxygens (including phenoxy) is 1. The number of esters is 1. The van der Waals surface area contributed by atoms with E-state index in [1.54, 1.807) is 24.0 Å². The lowest BCUT2D eigenvalue weighted by Gasteiger charge is -2.37. The third-order valence-corrected chi connectivity index (χ3v) is 5.67. The first kappa shape index (κ1) is 21.5. The van der Waals surface area contributed by atoms with Crippen LogP contribution >= 0.6 is 0 Å². The van der Waals surface area contributed by atoms with E-state index in [0.717, 1.165) is 18.4 Å². The quantitative estimate of drug-likeness (QED) is 0.241. The summed E-state index contributed by atoms with van der Waals surface area (Å²) in [5, 5.41) is 11.1. The van der Waals surface area contributed by atoms with Gasteiger partial charge in [0, 0.05) is 18.7 Å². The molecule has 0 aliphatic carbocycles. The van der Waals surface area contributed by atoms with Crippen molar-refractivity contribution in [1.29, 1.82) is 0 Å². The summed E-state index contributed by atoms with van der Waals surface area (Å²) >= 11 is 0. The highest BCUT2D eigenvalue weighted by molar-refractivity contribution is 6.08. The number of rotatable bonds is 7. The van der Waals surface area contributed by atoms with Gasteiger partial charge in [-0.25, -0.2) is 4.98 Å². The molecule has 0 bridgehead atoms. The topological polar surface area (TPSA) is 108 Å². The summed E-state index contributed by atoms with van der Waals surface area (Å²) < 4.78 is 7.18. The van der Waals surface area contributed by atoms with Gasteiger partial charge in [-0.3, -0.25) is 24.6 Å². The molecule has 0 saturated carbocycles. The smallest absolute Gasteiger partial charge is 0.321 e. The van der Waals surface area contributed by atoms with Gasteiger partial charge in [0.25, 0.3) is 5.69 Å². The van der Waals surface area contributed by atoms with E-state index in [-0.39, 0.29) is 18.2 Å². The number of hydrogen-bond acceptors (Lipinski definition) is 6. The zero-order valence-corrected chi connectivity index (χ0v) is 17.9. The van der Waals surface area contributed by atoms with Crippen LogP contribution < -0.4 is 4.90 Å². The normalized spacial score (nSPS) is 17.9. The number of non-ortho nitro benzene ring substituents is 1. The van der Waals surface area contributed by atoms with Crippen molar-refractivity contribution < 1.29 is 19.2 Å². The highest BCUT2D eigenvalue weighted by atomic mass is 16.6. The molecule has 1 amide bonds. The van der Waals surface area contributed by atoms with E-state index >= 15 is 0 Å². The van der Waals surface area contributed by atoms with Gasteiger partial charge in [-0.15, -0.1) is 0 Å². The molecule has 2 aromatic carbocycles. The van der Waals surface area contributed by atoms with E-state index in [0.29, 0.717) is 23.6 Å². The largest absolute Gasteiger partial charge is 0.465 e. The lowest BCUT2D eigenvalue weighted by Crippen LogP contribution is -2.50. The van der Waals surface area contributed by atoms with Gasteiger partial charge in [0.1, 0.15) is 0 Å². The van der Waals surface area contributed by atoms with E-state index in [2.05, 4.69) is 0 Å². The lowest BCUT2D eigenvalue weighted by atomic mass is 9.89. The third kappa shape index (κ3) is 3.59. The summed E-state index contributed by atoms with van der Waals surface area (Å²) in [7, 11) is 0. The Labute approximate surface area is 184 Å². The summed E-state index contributed by atoms with van der Waals surface area (Å²) in [6.45, 7) is 4.29. The monoisotopic (exact) mass is 436 g/mol. The Morgan fingerprint density at radius 1 is 1.16 bits per heavy atom. The van der Waals surface area contributed by atoms with Crippen LogP contribution in [0.25, 0.3) is 11.0 Å². The number of unbranched alkanes of at least 4 members (excludes halogenated alkanes) is 1. The molecule has 9 nitrogen and oxygen atoms in total. The van der Waals surface area contributed by atoms with Crippen LogP contribution in [0.15, 0.2) is 48.5 Å². The Balaban J connectivity index is 1.95. The van der Waals surface area contributed by atoms with E-state index in [4.69, 9.17) is 9.72 Å². The van der Waals surface area contributed by atoms with Crippen molar-refractivity contribution in [2.45, 2.75) is 32.7 Å². The molecule has 1 aromatic heterocycles. The first-order valence-corrected chi connectivity index (χ1v) is 10.7. The molecule has 0 radical (unpaired) electrons. The number of hydrogen-bond donors (Lipinski definition) is 0. The number of carbonyl (C=O) groups is 2. The van der Waals surface area contributed by atoms with Gasteiger partial charge in [0.2, 0.25) is 11.9 Å². The maximum atomic E-state index is 13.6. The number of anilines is 1. The molecular formula is C23H24N4O5. The molecule has 0 spiro atoms. The molecule has 0 N–H and O–H groups in total. The molecule has 3 aromatic rings. The number of amides is 1. The van der Waals surface area contributed by atoms with Gasteiger partial charge in [-0.05, 0) is 31.0 Å². The van der Waals surface area contributed by atoms with Gasteiger partial charge in [0.05, 0.1) is 28.6 Å². The van der Waals surface area contributed by atoms with Crippen molar-refractivity contribution in [3.8, 4) is 0 Å². The van der Waals surface area contributed by atoms with Gasteiger partial charge in [-0.2, -0.15) is 0 Å². The number of imidazole rings is 1. The second-order valence-corrected chi connectivity index (χ2v) is 7.64. The fourth-order valence-electron chi connectivity index (χ4n) is 4.17. The molecule has 4 rings (SSSR count). The SMILES string of the molecule is CCCCN1C(=O)C(C(=O)OCC)C(c2ccc([N+](=O)[O-])cc2)n2c1nc1ccccc12. The van der Waals surface area contributed by atoms with Crippen molar-refractivity contribution in [2.75, 3.05) is 18.1 Å². The summed E-state index contributed by atoms with van der Waals surface area (Å²) in [6, 6.07) is 12.7. The molecule has 0 fully saturated rings. The van der Waals surface area contributed by atoms with Crippen LogP contribution in [-0.4, -0.2) is 39.5 Å². The second kappa shape index (κ2) is 8.78. The van der Waals surface area contributed by atoms with Crippen molar-refractivity contribution in [1.82, 2.24) is 9.55 Å². The molecule has 166 valence electrons. The van der Waals surface area contributed by atoms with Crippen LogP contribution in [-0.2, 0) is 14.3 Å². The number of nitro benzene ring substituents is 1. The molecule has 9 heteroatoms. The molecule has 1 aliphatic heterocycles. The average Bonchev–Trinajstić information content (AvgIpc) is 3.17. The number of para-hydroxylation sites is 2. The van der Waals surface area contributed by atoms with Crippen LogP contribution in [0.5, 0.6) is 0 Å². The van der Waals surface area contributed by atoms with E-state index < -0.39 is 22.9 Å². The number of nitro groups is 1. The van der Waals surface area contributed by atoms with Gasteiger partial charge < -0.3 is 9.30 Å². The average molecular weight is 436 g/mol. The summed E-state index contributed by atoms with van der Waals surface area (Å²) in [4.78, 5) is 43.6. The standard InChI is InChI=1S/C23H24N4O5/c1-3-5-14-25-21(28)19(22(29)32-4-2)20(15-10-12-16(13-11-15)27(30)31)26-18-9-7-6-8-17(18)24-23(25)26/h6-13,19-20H,3-5,14H2,1-2H3.